The van der Waals surface area contributed by atoms with Crippen LogP contribution in [0.15, 0.2) is 42.5 Å². The number of halogens is 7. The quantitative estimate of drug-likeness (QED) is 0.185. The van der Waals surface area contributed by atoms with Crippen molar-refractivity contribution < 1.29 is 54.9 Å². The molecule has 2 N–H and O–H groups in total. The maximum atomic E-state index is 13.9. The number of benzene rings is 2. The van der Waals surface area contributed by atoms with E-state index in [4.69, 9.17) is 9.47 Å². The van der Waals surface area contributed by atoms with E-state index in [1.807, 2.05) is 0 Å². The second-order valence-corrected chi connectivity index (χ2v) is 9.02. The Bertz CT molecular complexity index is 1130. The number of ether oxygens (including phenoxy) is 2. The zero-order valence-corrected chi connectivity index (χ0v) is 22.2. The lowest BCUT2D eigenvalue weighted by atomic mass is 10.1. The maximum absolute atomic E-state index is 13.9. The summed E-state index contributed by atoms with van der Waals surface area (Å²) >= 11 is 0. The Morgan fingerprint density at radius 1 is 1.00 bits per heavy atom. The molecule has 0 aliphatic carbocycles. The molecule has 7 nitrogen and oxygen atoms in total. The Labute approximate surface area is 232 Å². The number of amides is 2. The van der Waals surface area contributed by atoms with Crippen molar-refractivity contribution in [3.63, 3.8) is 0 Å². The number of carboxylic acid groups (broad SMARTS) is 1. The smallest absolute Gasteiger partial charge is 0.453 e. The van der Waals surface area contributed by atoms with Crippen molar-refractivity contribution in [2.75, 3.05) is 26.3 Å². The van der Waals surface area contributed by atoms with Gasteiger partial charge in [-0.15, -0.1) is 0 Å². The molecule has 0 aliphatic rings. The van der Waals surface area contributed by atoms with E-state index < -0.39 is 54.7 Å². The number of unbranched alkanes of at least 4 members (excludes halogenated alkanes) is 1. The standard InChI is InChI=1S/C27H31F7N2O5/c1-2-40-23(24(37)38)15-18-5-9-21(10-6-18)41-14-13-36(12-4-3-11-26(30,31)27(32,33)34)25(39)35-17-19-7-8-20(28)16-22(19)29/h5-10,16,23H,2-4,11-15,17H2,1H3,(H,35,39)(H,37,38). The van der Waals surface area contributed by atoms with Crippen LogP contribution >= 0.6 is 0 Å². The highest BCUT2D eigenvalue weighted by Gasteiger charge is 2.56. The Kier molecular flexibility index (Phi) is 12.7. The van der Waals surface area contributed by atoms with E-state index in [9.17, 15) is 45.4 Å². The molecule has 0 saturated heterocycles. The van der Waals surface area contributed by atoms with E-state index >= 15 is 0 Å². The van der Waals surface area contributed by atoms with Crippen LogP contribution in [0, 0.1) is 11.6 Å². The van der Waals surface area contributed by atoms with E-state index in [1.54, 1.807) is 31.2 Å². The minimum Gasteiger partial charge on any atom is -0.492 e. The van der Waals surface area contributed by atoms with Crippen LogP contribution in [0.5, 0.6) is 5.75 Å². The Morgan fingerprint density at radius 3 is 2.27 bits per heavy atom. The number of hydrogen-bond donors (Lipinski definition) is 2. The van der Waals surface area contributed by atoms with Gasteiger partial charge >= 0.3 is 24.1 Å². The zero-order valence-electron chi connectivity index (χ0n) is 22.2. The summed E-state index contributed by atoms with van der Waals surface area (Å²) in [6.45, 7) is 1.20. The van der Waals surface area contributed by atoms with E-state index in [0.717, 1.165) is 17.0 Å². The van der Waals surface area contributed by atoms with Gasteiger partial charge in [0, 0.05) is 44.2 Å². The van der Waals surface area contributed by atoms with Crippen LogP contribution in [-0.4, -0.2) is 66.5 Å². The second-order valence-electron chi connectivity index (χ2n) is 9.02. The van der Waals surface area contributed by atoms with E-state index in [0.29, 0.717) is 17.4 Å². The van der Waals surface area contributed by atoms with Crippen molar-refractivity contribution in [1.82, 2.24) is 10.2 Å². The predicted molar refractivity (Wildman–Crippen MR) is 134 cm³/mol. The third kappa shape index (κ3) is 11.1. The van der Waals surface area contributed by atoms with Gasteiger partial charge in [0.1, 0.15) is 24.0 Å². The Balaban J connectivity index is 1.97. The van der Waals surface area contributed by atoms with Crippen molar-refractivity contribution in [3.8, 4) is 5.75 Å². The van der Waals surface area contributed by atoms with Crippen LogP contribution in [0.3, 0.4) is 0 Å². The lowest BCUT2D eigenvalue weighted by Gasteiger charge is -2.24. The fourth-order valence-electron chi connectivity index (χ4n) is 3.68. The number of alkyl halides is 5. The van der Waals surface area contributed by atoms with Gasteiger partial charge < -0.3 is 24.8 Å². The summed E-state index contributed by atoms with van der Waals surface area (Å²) in [4.78, 5) is 25.1. The van der Waals surface area contributed by atoms with Gasteiger partial charge in [-0.05, 0) is 43.5 Å². The van der Waals surface area contributed by atoms with Gasteiger partial charge in [0.05, 0.1) is 6.54 Å². The summed E-state index contributed by atoms with van der Waals surface area (Å²) in [5.74, 6) is -7.29. The molecule has 0 aliphatic heterocycles. The molecular formula is C27H31F7N2O5. The average Bonchev–Trinajstić information content (AvgIpc) is 2.89. The fourth-order valence-corrected chi connectivity index (χ4v) is 3.68. The van der Waals surface area contributed by atoms with Gasteiger partial charge in [-0.1, -0.05) is 18.2 Å². The normalized spacial score (nSPS) is 12.6. The second kappa shape index (κ2) is 15.5. The molecular weight excluding hydrogens is 565 g/mol. The van der Waals surface area contributed by atoms with Gasteiger partial charge in [0.25, 0.3) is 0 Å². The number of carbonyl (C=O) groups is 2. The molecule has 2 aromatic carbocycles. The molecule has 14 heteroatoms. The molecule has 0 spiro atoms. The van der Waals surface area contributed by atoms with Crippen LogP contribution in [0.4, 0.5) is 35.5 Å². The summed E-state index contributed by atoms with van der Waals surface area (Å²) in [6, 6.07) is 8.42. The lowest BCUT2D eigenvalue weighted by Crippen LogP contribution is -2.42. The summed E-state index contributed by atoms with van der Waals surface area (Å²) < 4.78 is 102. The van der Waals surface area contributed by atoms with E-state index in [-0.39, 0.29) is 51.3 Å². The molecule has 2 aromatic rings. The molecule has 228 valence electrons. The minimum absolute atomic E-state index is 0.0182. The first-order valence-corrected chi connectivity index (χ1v) is 12.7. The molecule has 0 aromatic heterocycles. The van der Waals surface area contributed by atoms with Crippen LogP contribution < -0.4 is 10.1 Å². The zero-order chi connectivity index (χ0) is 30.6. The number of aliphatic carboxylic acids is 1. The average molecular weight is 597 g/mol. The number of nitrogens with zero attached hydrogens (tertiary/aromatic N) is 1. The van der Waals surface area contributed by atoms with Crippen molar-refractivity contribution in [3.05, 3.63) is 65.2 Å². The van der Waals surface area contributed by atoms with Gasteiger partial charge in [-0.3, -0.25) is 0 Å². The van der Waals surface area contributed by atoms with Gasteiger partial charge in [-0.25, -0.2) is 18.4 Å². The number of carboxylic acids is 1. The molecule has 1 atom stereocenters. The van der Waals surface area contributed by atoms with Gasteiger partial charge in [0.2, 0.25) is 0 Å². The van der Waals surface area contributed by atoms with Crippen LogP contribution in [0.2, 0.25) is 0 Å². The third-order valence-corrected chi connectivity index (χ3v) is 5.93. The molecule has 0 fully saturated rings. The first-order valence-electron chi connectivity index (χ1n) is 12.7. The van der Waals surface area contributed by atoms with E-state index in [1.165, 1.54) is 0 Å². The molecule has 0 saturated carbocycles. The van der Waals surface area contributed by atoms with Crippen LogP contribution in [-0.2, 0) is 22.5 Å². The summed E-state index contributed by atoms with van der Waals surface area (Å²) in [5, 5.41) is 11.6. The predicted octanol–water partition coefficient (Wildman–Crippen LogP) is 5.96. The van der Waals surface area contributed by atoms with E-state index in [2.05, 4.69) is 5.32 Å². The van der Waals surface area contributed by atoms with Crippen molar-refractivity contribution in [1.29, 1.82) is 0 Å². The summed E-state index contributed by atoms with van der Waals surface area (Å²) in [6.07, 6.45) is -8.71. The lowest BCUT2D eigenvalue weighted by molar-refractivity contribution is -0.284. The number of rotatable bonds is 16. The number of nitrogens with one attached hydrogen (secondary N) is 1. The van der Waals surface area contributed by atoms with Crippen molar-refractivity contribution in [2.24, 2.45) is 0 Å². The molecule has 0 bridgehead atoms. The number of urea groups is 1. The van der Waals surface area contributed by atoms with Crippen LogP contribution in [0.25, 0.3) is 0 Å². The fraction of sp³-hybridized carbons (Fsp3) is 0.481. The number of hydrogen-bond acceptors (Lipinski definition) is 4. The van der Waals surface area contributed by atoms with Crippen molar-refractivity contribution >= 4 is 12.0 Å². The summed E-state index contributed by atoms with van der Waals surface area (Å²) in [7, 11) is 0. The summed E-state index contributed by atoms with van der Waals surface area (Å²) in [5.41, 5.74) is 0.651. The van der Waals surface area contributed by atoms with Gasteiger partial charge in [0.15, 0.2) is 6.10 Å². The number of carbonyl (C=O) groups excluding carboxylic acids is 1. The van der Waals surface area contributed by atoms with Gasteiger partial charge in [-0.2, -0.15) is 22.0 Å². The highest BCUT2D eigenvalue weighted by Crippen LogP contribution is 2.39. The Morgan fingerprint density at radius 2 is 1.68 bits per heavy atom. The molecule has 1 unspecified atom stereocenters. The SMILES string of the molecule is CCOC(Cc1ccc(OCCN(CCCCC(F)(F)C(F)(F)F)C(=O)NCc2ccc(F)cc2F)cc1)C(=O)O. The highest BCUT2D eigenvalue weighted by molar-refractivity contribution is 5.74. The molecule has 41 heavy (non-hydrogen) atoms. The monoisotopic (exact) mass is 596 g/mol. The molecule has 0 radical (unpaired) electrons. The van der Waals surface area contributed by atoms with Crippen LogP contribution in [0.1, 0.15) is 37.3 Å². The highest BCUT2D eigenvalue weighted by atomic mass is 19.4. The topological polar surface area (TPSA) is 88.1 Å². The Hall–Kier alpha value is -3.55. The molecule has 2 amide bonds. The first kappa shape index (κ1) is 33.7. The third-order valence-electron chi connectivity index (χ3n) is 5.93. The first-order chi connectivity index (χ1) is 19.2. The molecule has 2 rings (SSSR count). The minimum atomic E-state index is -5.68. The maximum Gasteiger partial charge on any atom is 0.453 e. The van der Waals surface area contributed by atoms with Crippen molar-refractivity contribution in [2.45, 2.75) is 57.4 Å². The molecule has 0 heterocycles. The largest absolute Gasteiger partial charge is 0.492 e.